The number of carbonyl (C=O) groups excluding carboxylic acids is 1. The molecule has 1 fully saturated rings. The number of rotatable bonds is 8. The Labute approximate surface area is 121 Å². The molecule has 1 aliphatic carbocycles. The number of amides is 1. The van der Waals surface area contributed by atoms with Crippen molar-refractivity contribution >= 4 is 11.6 Å². The Morgan fingerprint density at radius 3 is 2.60 bits per heavy atom. The summed E-state index contributed by atoms with van der Waals surface area (Å²) < 4.78 is 0. The molecule has 0 radical (unpaired) electrons. The van der Waals surface area contributed by atoms with E-state index in [1.807, 2.05) is 25.1 Å². The zero-order valence-corrected chi connectivity index (χ0v) is 12.4. The van der Waals surface area contributed by atoms with Crippen LogP contribution in [0.3, 0.4) is 0 Å². The van der Waals surface area contributed by atoms with Gasteiger partial charge in [-0.05, 0) is 44.7 Å². The van der Waals surface area contributed by atoms with Crippen LogP contribution < -0.4 is 16.0 Å². The molecule has 0 spiro atoms. The van der Waals surface area contributed by atoms with Crippen LogP contribution in [-0.4, -0.2) is 31.1 Å². The first kappa shape index (κ1) is 14.9. The van der Waals surface area contributed by atoms with E-state index >= 15 is 0 Å². The van der Waals surface area contributed by atoms with Gasteiger partial charge in [0.1, 0.15) is 0 Å². The van der Waals surface area contributed by atoms with E-state index in [2.05, 4.69) is 29.4 Å². The lowest BCUT2D eigenvalue weighted by atomic mass is 9.94. The van der Waals surface area contributed by atoms with Crippen LogP contribution in [0.25, 0.3) is 0 Å². The minimum absolute atomic E-state index is 0.244. The first-order chi connectivity index (χ1) is 9.51. The number of para-hydroxylation sites is 1. The molecule has 0 aromatic heterocycles. The van der Waals surface area contributed by atoms with Crippen LogP contribution in [0.2, 0.25) is 0 Å². The van der Waals surface area contributed by atoms with E-state index in [9.17, 15) is 4.79 Å². The van der Waals surface area contributed by atoms with Crippen molar-refractivity contribution in [2.24, 2.45) is 5.73 Å². The molecule has 1 atom stereocenters. The van der Waals surface area contributed by atoms with Crippen molar-refractivity contribution in [1.82, 2.24) is 5.32 Å². The number of nitrogens with two attached hydrogens (primary N) is 1. The van der Waals surface area contributed by atoms with Gasteiger partial charge in [-0.2, -0.15) is 0 Å². The molecule has 4 nitrogen and oxygen atoms in total. The third-order valence-electron chi connectivity index (χ3n) is 4.01. The second-order valence-electron chi connectivity index (χ2n) is 5.98. The van der Waals surface area contributed by atoms with Gasteiger partial charge >= 0.3 is 0 Å². The molecule has 20 heavy (non-hydrogen) atoms. The van der Waals surface area contributed by atoms with Crippen LogP contribution in [0.1, 0.15) is 32.6 Å². The molecular formula is C16H25N3O. The SMILES string of the molecule is CN(CCCC(C)(NC1CC1)C(N)=O)c1ccccc1. The number of nitrogens with zero attached hydrogens (tertiary/aromatic N) is 1. The van der Waals surface area contributed by atoms with E-state index in [0.29, 0.717) is 6.04 Å². The van der Waals surface area contributed by atoms with Crippen molar-refractivity contribution < 1.29 is 4.79 Å². The maximum atomic E-state index is 11.7. The van der Waals surface area contributed by atoms with Gasteiger partial charge in [-0.25, -0.2) is 0 Å². The lowest BCUT2D eigenvalue weighted by Gasteiger charge is -2.29. The molecule has 110 valence electrons. The van der Waals surface area contributed by atoms with Gasteiger partial charge < -0.3 is 16.0 Å². The van der Waals surface area contributed by atoms with E-state index in [1.165, 1.54) is 5.69 Å². The molecule has 0 aliphatic heterocycles. The highest BCUT2D eigenvalue weighted by Crippen LogP contribution is 2.25. The molecule has 1 aliphatic rings. The lowest BCUT2D eigenvalue weighted by molar-refractivity contribution is -0.124. The van der Waals surface area contributed by atoms with E-state index in [1.54, 1.807) is 0 Å². The van der Waals surface area contributed by atoms with Crippen molar-refractivity contribution in [2.75, 3.05) is 18.5 Å². The van der Waals surface area contributed by atoms with Gasteiger partial charge in [-0.15, -0.1) is 0 Å². The summed E-state index contributed by atoms with van der Waals surface area (Å²) in [6.07, 6.45) is 4.03. The Kier molecular flexibility index (Phi) is 4.65. The smallest absolute Gasteiger partial charge is 0.237 e. The van der Waals surface area contributed by atoms with Crippen molar-refractivity contribution in [1.29, 1.82) is 0 Å². The highest BCUT2D eigenvalue weighted by Gasteiger charge is 2.36. The van der Waals surface area contributed by atoms with Crippen molar-refractivity contribution in [2.45, 2.75) is 44.2 Å². The van der Waals surface area contributed by atoms with Crippen LogP contribution in [-0.2, 0) is 4.79 Å². The average Bonchev–Trinajstić information content (AvgIpc) is 3.23. The predicted octanol–water partition coefficient (Wildman–Crippen LogP) is 1.90. The summed E-state index contributed by atoms with van der Waals surface area (Å²) in [7, 11) is 2.07. The van der Waals surface area contributed by atoms with Crippen LogP contribution in [0.4, 0.5) is 5.69 Å². The Hall–Kier alpha value is -1.55. The fourth-order valence-corrected chi connectivity index (χ4v) is 2.43. The Morgan fingerprint density at radius 2 is 2.05 bits per heavy atom. The molecule has 0 saturated heterocycles. The number of benzene rings is 1. The van der Waals surface area contributed by atoms with E-state index in [0.717, 1.165) is 32.2 Å². The zero-order valence-electron chi connectivity index (χ0n) is 12.4. The largest absolute Gasteiger partial charge is 0.375 e. The quantitative estimate of drug-likeness (QED) is 0.762. The second-order valence-corrected chi connectivity index (χ2v) is 5.98. The van der Waals surface area contributed by atoms with Gasteiger partial charge in [0.2, 0.25) is 5.91 Å². The monoisotopic (exact) mass is 275 g/mol. The normalized spacial score (nSPS) is 17.5. The summed E-state index contributed by atoms with van der Waals surface area (Å²) in [6, 6.07) is 10.8. The molecule has 3 N–H and O–H groups in total. The first-order valence-corrected chi connectivity index (χ1v) is 7.35. The standard InChI is InChI=1S/C16H25N3O/c1-16(15(17)20,18-13-9-10-13)11-6-12-19(2)14-7-4-3-5-8-14/h3-5,7-8,13,18H,6,9-12H2,1-2H3,(H2,17,20). The van der Waals surface area contributed by atoms with E-state index in [4.69, 9.17) is 5.73 Å². The second kappa shape index (κ2) is 6.27. The van der Waals surface area contributed by atoms with Crippen LogP contribution in [0.15, 0.2) is 30.3 Å². The summed E-state index contributed by atoms with van der Waals surface area (Å²) in [5.74, 6) is -0.244. The Bertz CT molecular complexity index is 444. The Morgan fingerprint density at radius 1 is 1.40 bits per heavy atom. The van der Waals surface area contributed by atoms with Crippen LogP contribution in [0, 0.1) is 0 Å². The van der Waals surface area contributed by atoms with E-state index in [-0.39, 0.29) is 5.91 Å². The molecule has 0 bridgehead atoms. The maximum Gasteiger partial charge on any atom is 0.237 e. The molecule has 1 aromatic carbocycles. The predicted molar refractivity (Wildman–Crippen MR) is 82.7 cm³/mol. The number of nitrogens with one attached hydrogen (secondary N) is 1. The molecule has 2 rings (SSSR count). The first-order valence-electron chi connectivity index (χ1n) is 7.35. The van der Waals surface area contributed by atoms with Gasteiger partial charge in [0.25, 0.3) is 0 Å². The van der Waals surface area contributed by atoms with Crippen LogP contribution in [0.5, 0.6) is 0 Å². The van der Waals surface area contributed by atoms with Crippen molar-refractivity contribution in [3.05, 3.63) is 30.3 Å². The highest BCUT2D eigenvalue weighted by atomic mass is 16.1. The van der Waals surface area contributed by atoms with E-state index < -0.39 is 5.54 Å². The fourth-order valence-electron chi connectivity index (χ4n) is 2.43. The summed E-state index contributed by atoms with van der Waals surface area (Å²) in [5.41, 5.74) is 6.19. The van der Waals surface area contributed by atoms with Crippen molar-refractivity contribution in [3.63, 3.8) is 0 Å². The maximum absolute atomic E-state index is 11.7. The topological polar surface area (TPSA) is 58.4 Å². The number of primary amides is 1. The fraction of sp³-hybridized carbons (Fsp3) is 0.562. The van der Waals surface area contributed by atoms with Gasteiger partial charge in [0, 0.05) is 25.3 Å². The molecular weight excluding hydrogens is 250 g/mol. The molecule has 4 heteroatoms. The lowest BCUT2D eigenvalue weighted by Crippen LogP contribution is -2.54. The molecule has 1 amide bonds. The van der Waals surface area contributed by atoms with Gasteiger partial charge in [-0.3, -0.25) is 4.79 Å². The van der Waals surface area contributed by atoms with Gasteiger partial charge in [0.15, 0.2) is 0 Å². The minimum atomic E-state index is -0.571. The number of anilines is 1. The molecule has 1 saturated carbocycles. The average molecular weight is 275 g/mol. The molecule has 1 aromatic rings. The summed E-state index contributed by atoms with van der Waals surface area (Å²) in [4.78, 5) is 13.9. The number of carbonyl (C=O) groups is 1. The minimum Gasteiger partial charge on any atom is -0.375 e. The Balaban J connectivity index is 1.82. The third kappa shape index (κ3) is 3.97. The summed E-state index contributed by atoms with van der Waals surface area (Å²) in [5, 5.41) is 3.39. The molecule has 1 unspecified atom stereocenters. The van der Waals surface area contributed by atoms with Gasteiger partial charge in [0.05, 0.1) is 5.54 Å². The highest BCUT2D eigenvalue weighted by molar-refractivity contribution is 5.84. The van der Waals surface area contributed by atoms with Gasteiger partial charge in [-0.1, -0.05) is 18.2 Å². The number of hydrogen-bond donors (Lipinski definition) is 2. The third-order valence-corrected chi connectivity index (χ3v) is 4.01. The van der Waals surface area contributed by atoms with Crippen LogP contribution >= 0.6 is 0 Å². The van der Waals surface area contributed by atoms with Crippen molar-refractivity contribution in [3.8, 4) is 0 Å². The molecule has 0 heterocycles. The zero-order chi connectivity index (χ0) is 14.6. The number of hydrogen-bond acceptors (Lipinski definition) is 3. The summed E-state index contributed by atoms with van der Waals surface area (Å²) >= 11 is 0. The summed E-state index contributed by atoms with van der Waals surface area (Å²) in [6.45, 7) is 2.84.